The average Bonchev–Trinajstić information content (AvgIpc) is 2.56. The molecule has 1 atom stereocenters. The molecular formula is C17H25N3O2. The molecule has 1 aliphatic heterocycles. The number of nitrogens with one attached hydrogen (secondary N) is 1. The molecule has 5 heteroatoms. The van der Waals surface area contributed by atoms with Gasteiger partial charge in [0.05, 0.1) is 12.3 Å². The summed E-state index contributed by atoms with van der Waals surface area (Å²) in [5.74, 6) is 0.712. The summed E-state index contributed by atoms with van der Waals surface area (Å²) in [6.07, 6.45) is 7.40. The Morgan fingerprint density at radius 1 is 1.50 bits per heavy atom. The van der Waals surface area contributed by atoms with Gasteiger partial charge in [-0.2, -0.15) is 0 Å². The Kier molecular flexibility index (Phi) is 6.40. The second kappa shape index (κ2) is 8.54. The zero-order valence-corrected chi connectivity index (χ0v) is 13.3. The second-order valence-electron chi connectivity index (χ2n) is 5.50. The maximum Gasteiger partial charge on any atom is 0.253 e. The number of amides is 1. The van der Waals surface area contributed by atoms with E-state index in [4.69, 9.17) is 4.74 Å². The van der Waals surface area contributed by atoms with Gasteiger partial charge in [0.15, 0.2) is 5.82 Å². The van der Waals surface area contributed by atoms with Crippen molar-refractivity contribution in [1.29, 1.82) is 0 Å². The number of ether oxygens (including phenoxy) is 1. The molecule has 2 rings (SSSR count). The predicted octanol–water partition coefficient (Wildman–Crippen LogP) is 2.99. The molecule has 1 aromatic heterocycles. The summed E-state index contributed by atoms with van der Waals surface area (Å²) in [6.45, 7) is 7.89. The smallest absolute Gasteiger partial charge is 0.253 e. The average molecular weight is 303 g/mol. The van der Waals surface area contributed by atoms with E-state index in [0.717, 1.165) is 31.0 Å². The Balaban J connectivity index is 1.99. The van der Waals surface area contributed by atoms with Crippen LogP contribution in [0.1, 0.15) is 32.6 Å². The van der Waals surface area contributed by atoms with Crippen molar-refractivity contribution in [3.63, 3.8) is 0 Å². The molecule has 1 saturated heterocycles. The molecule has 1 fully saturated rings. The topological polar surface area (TPSA) is 54.5 Å². The molecule has 1 aromatic rings. The number of carbonyl (C=O) groups excluding carboxylic acids is 1. The van der Waals surface area contributed by atoms with Crippen LogP contribution in [0.2, 0.25) is 0 Å². The number of piperidine rings is 1. The highest BCUT2D eigenvalue weighted by atomic mass is 16.5. The number of nitrogens with zero attached hydrogens (tertiary/aromatic N) is 2. The summed E-state index contributed by atoms with van der Waals surface area (Å²) < 4.78 is 5.48. The number of hydrogen-bond acceptors (Lipinski definition) is 4. The molecule has 22 heavy (non-hydrogen) atoms. The fourth-order valence-corrected chi connectivity index (χ4v) is 2.49. The molecule has 2 heterocycles. The standard InChI is InChI=1S/C17H25N3O2/c1-3-4-13-22-14(2)17(21)19-15-9-8-10-18-16(15)20-11-6-5-7-12-20/h3,8-10,14H,1,4-7,11-13H2,2H3,(H,19,21). The van der Waals surface area contributed by atoms with Crippen LogP contribution in [-0.4, -0.2) is 36.7 Å². The fourth-order valence-electron chi connectivity index (χ4n) is 2.49. The number of rotatable bonds is 7. The normalized spacial score (nSPS) is 16.1. The van der Waals surface area contributed by atoms with Gasteiger partial charge in [-0.3, -0.25) is 4.79 Å². The molecular weight excluding hydrogens is 278 g/mol. The van der Waals surface area contributed by atoms with Crippen molar-refractivity contribution in [2.75, 3.05) is 29.9 Å². The Morgan fingerprint density at radius 3 is 3.00 bits per heavy atom. The number of aromatic nitrogens is 1. The van der Waals surface area contributed by atoms with Crippen LogP contribution in [0.5, 0.6) is 0 Å². The van der Waals surface area contributed by atoms with Crippen LogP contribution in [-0.2, 0) is 9.53 Å². The summed E-state index contributed by atoms with van der Waals surface area (Å²) >= 11 is 0. The zero-order chi connectivity index (χ0) is 15.8. The highest BCUT2D eigenvalue weighted by Gasteiger charge is 2.19. The first-order valence-electron chi connectivity index (χ1n) is 7.95. The fraction of sp³-hybridized carbons (Fsp3) is 0.529. The second-order valence-corrected chi connectivity index (χ2v) is 5.50. The van der Waals surface area contributed by atoms with E-state index in [2.05, 4.69) is 21.8 Å². The van der Waals surface area contributed by atoms with Crippen molar-refractivity contribution >= 4 is 17.4 Å². The molecule has 1 unspecified atom stereocenters. The van der Waals surface area contributed by atoms with Gasteiger partial charge in [0.25, 0.3) is 5.91 Å². The predicted molar refractivity (Wildman–Crippen MR) is 89.2 cm³/mol. The molecule has 120 valence electrons. The number of carbonyl (C=O) groups is 1. The van der Waals surface area contributed by atoms with Gasteiger partial charge < -0.3 is 15.0 Å². The minimum absolute atomic E-state index is 0.143. The van der Waals surface area contributed by atoms with Gasteiger partial charge in [0.2, 0.25) is 0 Å². The highest BCUT2D eigenvalue weighted by Crippen LogP contribution is 2.25. The summed E-state index contributed by atoms with van der Waals surface area (Å²) in [5.41, 5.74) is 0.758. The first-order chi connectivity index (χ1) is 10.7. The molecule has 1 N–H and O–H groups in total. The van der Waals surface area contributed by atoms with E-state index in [1.165, 1.54) is 19.3 Å². The molecule has 0 saturated carbocycles. The Hall–Kier alpha value is -1.88. The third kappa shape index (κ3) is 4.56. The molecule has 0 aliphatic carbocycles. The Morgan fingerprint density at radius 2 is 2.27 bits per heavy atom. The van der Waals surface area contributed by atoms with Crippen LogP contribution in [0.3, 0.4) is 0 Å². The van der Waals surface area contributed by atoms with Crippen molar-refractivity contribution in [1.82, 2.24) is 4.98 Å². The van der Waals surface area contributed by atoms with Gasteiger partial charge in [-0.1, -0.05) is 6.08 Å². The molecule has 0 spiro atoms. The van der Waals surface area contributed by atoms with E-state index in [1.54, 1.807) is 19.2 Å². The molecule has 0 aromatic carbocycles. The van der Waals surface area contributed by atoms with Crippen LogP contribution < -0.4 is 10.2 Å². The van der Waals surface area contributed by atoms with E-state index in [-0.39, 0.29) is 5.91 Å². The van der Waals surface area contributed by atoms with Crippen molar-refractivity contribution in [3.05, 3.63) is 31.0 Å². The molecule has 5 nitrogen and oxygen atoms in total. The SMILES string of the molecule is C=CCCOC(C)C(=O)Nc1cccnc1N1CCCCC1. The van der Waals surface area contributed by atoms with Crippen LogP contribution >= 0.6 is 0 Å². The summed E-state index contributed by atoms with van der Waals surface area (Å²) in [4.78, 5) is 18.9. The van der Waals surface area contributed by atoms with Gasteiger partial charge in [-0.25, -0.2) is 4.98 Å². The van der Waals surface area contributed by atoms with Crippen molar-refractivity contribution in [2.24, 2.45) is 0 Å². The number of hydrogen-bond donors (Lipinski definition) is 1. The maximum absolute atomic E-state index is 12.2. The van der Waals surface area contributed by atoms with E-state index in [9.17, 15) is 4.79 Å². The van der Waals surface area contributed by atoms with Gasteiger partial charge in [-0.15, -0.1) is 6.58 Å². The summed E-state index contributed by atoms with van der Waals surface area (Å²) in [7, 11) is 0. The first-order valence-corrected chi connectivity index (χ1v) is 7.95. The zero-order valence-electron chi connectivity index (χ0n) is 13.3. The minimum Gasteiger partial charge on any atom is -0.368 e. The van der Waals surface area contributed by atoms with Gasteiger partial charge in [0, 0.05) is 19.3 Å². The third-order valence-electron chi connectivity index (χ3n) is 3.76. The monoisotopic (exact) mass is 303 g/mol. The lowest BCUT2D eigenvalue weighted by atomic mass is 10.1. The van der Waals surface area contributed by atoms with E-state index in [1.807, 2.05) is 12.1 Å². The van der Waals surface area contributed by atoms with Crippen LogP contribution in [0, 0.1) is 0 Å². The molecule has 1 amide bonds. The van der Waals surface area contributed by atoms with Crippen LogP contribution in [0.4, 0.5) is 11.5 Å². The molecule has 1 aliphatic rings. The maximum atomic E-state index is 12.2. The number of anilines is 2. The van der Waals surface area contributed by atoms with Crippen molar-refractivity contribution < 1.29 is 9.53 Å². The lowest BCUT2D eigenvalue weighted by molar-refractivity contribution is -0.126. The quantitative estimate of drug-likeness (QED) is 0.621. The number of pyridine rings is 1. The Bertz CT molecular complexity index is 498. The van der Waals surface area contributed by atoms with E-state index in [0.29, 0.717) is 6.61 Å². The molecule has 0 bridgehead atoms. The minimum atomic E-state index is -0.491. The van der Waals surface area contributed by atoms with Gasteiger partial charge >= 0.3 is 0 Å². The van der Waals surface area contributed by atoms with Crippen molar-refractivity contribution in [2.45, 2.75) is 38.7 Å². The van der Waals surface area contributed by atoms with Crippen molar-refractivity contribution in [3.8, 4) is 0 Å². The third-order valence-corrected chi connectivity index (χ3v) is 3.76. The first kappa shape index (κ1) is 16.5. The molecule has 0 radical (unpaired) electrons. The van der Waals surface area contributed by atoms with Gasteiger partial charge in [0.1, 0.15) is 6.10 Å². The van der Waals surface area contributed by atoms with E-state index < -0.39 is 6.10 Å². The largest absolute Gasteiger partial charge is 0.368 e. The highest BCUT2D eigenvalue weighted by molar-refractivity contribution is 5.96. The van der Waals surface area contributed by atoms with Crippen LogP contribution in [0.15, 0.2) is 31.0 Å². The Labute approximate surface area is 132 Å². The summed E-state index contributed by atoms with van der Waals surface area (Å²) in [6, 6.07) is 3.73. The summed E-state index contributed by atoms with van der Waals surface area (Å²) in [5, 5.41) is 2.94. The van der Waals surface area contributed by atoms with E-state index >= 15 is 0 Å². The van der Waals surface area contributed by atoms with Crippen LogP contribution in [0.25, 0.3) is 0 Å². The lowest BCUT2D eigenvalue weighted by Crippen LogP contribution is -2.33. The lowest BCUT2D eigenvalue weighted by Gasteiger charge is -2.29. The van der Waals surface area contributed by atoms with Gasteiger partial charge in [-0.05, 0) is 44.7 Å².